The minimum atomic E-state index is -1.62. The van der Waals surface area contributed by atoms with E-state index in [1.54, 1.807) is 0 Å². The molecule has 7 rings (SSSR count). The third-order valence-corrected chi connectivity index (χ3v) is 6.82. The van der Waals surface area contributed by atoms with Crippen molar-refractivity contribution >= 4 is 16.6 Å². The predicted octanol–water partition coefficient (Wildman–Crippen LogP) is 1.29. The van der Waals surface area contributed by atoms with Crippen LogP contribution in [0.3, 0.4) is 0 Å². The molecule has 2 N–H and O–H groups in total. The molecule has 0 amide bonds. The number of aliphatic hydroxyl groups is 2. The number of ether oxygens (including phenoxy) is 4. The number of hydrogen-bond donors (Lipinski definition) is 2. The van der Waals surface area contributed by atoms with Crippen LogP contribution in [-0.2, 0) is 25.6 Å². The van der Waals surface area contributed by atoms with Crippen molar-refractivity contribution in [1.29, 1.82) is 0 Å². The van der Waals surface area contributed by atoms with Gasteiger partial charge in [-0.3, -0.25) is 4.79 Å². The highest BCUT2D eigenvalue weighted by Gasteiger charge is 2.97. The lowest BCUT2D eigenvalue weighted by Crippen LogP contribution is -2.67. The second kappa shape index (κ2) is 4.41. The largest absolute Gasteiger partial charge is 0.451 e. The van der Waals surface area contributed by atoms with Gasteiger partial charge >= 0.3 is 5.79 Å². The molecule has 0 bridgehead atoms. The van der Waals surface area contributed by atoms with Gasteiger partial charge in [-0.15, -0.1) is 0 Å². The van der Waals surface area contributed by atoms with Crippen LogP contribution in [0.4, 0.5) is 0 Å². The van der Waals surface area contributed by atoms with Crippen molar-refractivity contribution in [2.75, 3.05) is 0 Å². The van der Waals surface area contributed by atoms with Crippen LogP contribution >= 0.6 is 0 Å². The summed E-state index contributed by atoms with van der Waals surface area (Å²) >= 11 is 0. The summed E-state index contributed by atoms with van der Waals surface area (Å²) in [7, 11) is 0. The minimum absolute atomic E-state index is 0.111. The van der Waals surface area contributed by atoms with Gasteiger partial charge in [0.1, 0.15) is 5.75 Å². The maximum Gasteiger partial charge on any atom is 0.310 e. The molecule has 2 aromatic rings. The quantitative estimate of drug-likeness (QED) is 0.664. The SMILES string of the molecule is O=C1C2=C(O2)[C@]2(OCc3cccc4cccc(c34)O2)C23OC12C(O)CCC3O. The molecule has 2 fully saturated rings. The van der Waals surface area contributed by atoms with Crippen LogP contribution in [-0.4, -0.2) is 45.2 Å². The van der Waals surface area contributed by atoms with Crippen LogP contribution in [0.15, 0.2) is 47.9 Å². The van der Waals surface area contributed by atoms with Gasteiger partial charge in [0.2, 0.25) is 22.9 Å². The van der Waals surface area contributed by atoms with E-state index in [-0.39, 0.29) is 31.0 Å². The lowest BCUT2D eigenvalue weighted by molar-refractivity contribution is -0.233. The molecule has 2 aliphatic carbocycles. The Morgan fingerprint density at radius 1 is 1.04 bits per heavy atom. The second-order valence-electron chi connectivity index (χ2n) is 8.05. The number of epoxide rings is 1. The van der Waals surface area contributed by atoms with E-state index < -0.39 is 35.0 Å². The molecule has 4 unspecified atom stereocenters. The van der Waals surface area contributed by atoms with Gasteiger partial charge in [-0.2, -0.15) is 0 Å². The lowest BCUT2D eigenvalue weighted by Gasteiger charge is -2.42. The Morgan fingerprint density at radius 2 is 1.82 bits per heavy atom. The minimum Gasteiger partial charge on any atom is -0.451 e. The maximum atomic E-state index is 12.9. The fraction of sp³-hybridized carbons (Fsp3) is 0.381. The summed E-state index contributed by atoms with van der Waals surface area (Å²) in [4.78, 5) is 12.9. The molecule has 0 aromatic heterocycles. The summed E-state index contributed by atoms with van der Waals surface area (Å²) in [5.74, 6) is -1.15. The zero-order valence-electron chi connectivity index (χ0n) is 14.7. The lowest BCUT2D eigenvalue weighted by atomic mass is 9.66. The summed E-state index contributed by atoms with van der Waals surface area (Å²) in [6.07, 6.45) is -1.58. The number of carbonyl (C=O) groups is 1. The molecule has 7 nitrogen and oxygen atoms in total. The van der Waals surface area contributed by atoms with Crippen molar-refractivity contribution in [1.82, 2.24) is 0 Å². The zero-order chi connectivity index (χ0) is 18.9. The standard InChI is InChI=1S/C21H16O7/c22-13-7-8-14(23)20-19(13,28-20)17(24)16-18(26-16)21(20)25-9-11-5-1-3-10-4-2-6-12(27-21)15(10)11/h1-6,13-14,22-23H,7-9H2/t13?,14?,19?,20?,21-/m1/s1. The van der Waals surface area contributed by atoms with Gasteiger partial charge in [0.05, 0.1) is 18.8 Å². The first-order chi connectivity index (χ1) is 13.6. The number of hydrogen-bond acceptors (Lipinski definition) is 7. The summed E-state index contributed by atoms with van der Waals surface area (Å²) in [6.45, 7) is 0.187. The molecule has 1 saturated carbocycles. The number of fused-ring (bicyclic) bond motifs is 1. The van der Waals surface area contributed by atoms with Gasteiger partial charge in [-0.25, -0.2) is 0 Å². The molecule has 3 heterocycles. The first-order valence-electron chi connectivity index (χ1n) is 9.42. The highest BCUT2D eigenvalue weighted by atomic mass is 16.8. The van der Waals surface area contributed by atoms with E-state index in [1.807, 2.05) is 36.4 Å². The molecule has 1 saturated heterocycles. The van der Waals surface area contributed by atoms with Crippen molar-refractivity contribution in [2.24, 2.45) is 0 Å². The molecule has 3 aliphatic heterocycles. The fourth-order valence-corrected chi connectivity index (χ4v) is 5.50. The Kier molecular flexibility index (Phi) is 2.44. The Labute approximate surface area is 159 Å². The second-order valence-corrected chi connectivity index (χ2v) is 8.05. The number of rotatable bonds is 0. The first-order valence-corrected chi connectivity index (χ1v) is 9.42. The highest BCUT2D eigenvalue weighted by molar-refractivity contribution is 6.10. The van der Waals surface area contributed by atoms with Crippen molar-refractivity contribution in [3.8, 4) is 5.75 Å². The van der Waals surface area contributed by atoms with Crippen molar-refractivity contribution in [2.45, 2.75) is 48.6 Å². The van der Waals surface area contributed by atoms with Gasteiger partial charge in [-0.1, -0.05) is 30.3 Å². The molecular formula is C21H16O7. The summed E-state index contributed by atoms with van der Waals surface area (Å²) in [5.41, 5.74) is -2.20. The van der Waals surface area contributed by atoms with Crippen LogP contribution in [0.1, 0.15) is 18.4 Å². The van der Waals surface area contributed by atoms with E-state index in [2.05, 4.69) is 0 Å². The number of Topliss-reactive ketones (excluding diaryl/α,β-unsaturated/α-hetero) is 1. The normalized spacial score (nSPS) is 42.1. The van der Waals surface area contributed by atoms with Crippen LogP contribution in [0.25, 0.3) is 10.8 Å². The molecule has 0 radical (unpaired) electrons. The average Bonchev–Trinajstić information content (AvgIpc) is 3.59. The molecular weight excluding hydrogens is 364 g/mol. The number of benzene rings is 2. The van der Waals surface area contributed by atoms with Gasteiger partial charge in [-0.05, 0) is 29.9 Å². The fourth-order valence-electron chi connectivity index (χ4n) is 5.50. The van der Waals surface area contributed by atoms with Gasteiger partial charge in [0, 0.05) is 5.39 Å². The average molecular weight is 380 g/mol. The molecule has 7 heteroatoms. The summed E-state index contributed by atoms with van der Waals surface area (Å²) in [6, 6.07) is 11.6. The number of aliphatic hydroxyl groups excluding tert-OH is 2. The molecule has 5 aliphatic rings. The van der Waals surface area contributed by atoms with Crippen LogP contribution < -0.4 is 4.74 Å². The van der Waals surface area contributed by atoms with E-state index >= 15 is 0 Å². The monoisotopic (exact) mass is 380 g/mol. The molecule has 142 valence electrons. The van der Waals surface area contributed by atoms with E-state index in [0.717, 1.165) is 16.3 Å². The van der Waals surface area contributed by atoms with Crippen LogP contribution in [0.5, 0.6) is 5.75 Å². The highest BCUT2D eigenvalue weighted by Crippen LogP contribution is 2.72. The van der Waals surface area contributed by atoms with E-state index in [1.165, 1.54) is 0 Å². The molecule has 1 spiro atoms. The Balaban J connectivity index is 1.50. The van der Waals surface area contributed by atoms with Gasteiger partial charge < -0.3 is 29.2 Å². The van der Waals surface area contributed by atoms with Crippen molar-refractivity contribution in [3.05, 3.63) is 53.5 Å². The first kappa shape index (κ1) is 15.5. The molecule has 28 heavy (non-hydrogen) atoms. The van der Waals surface area contributed by atoms with E-state index in [9.17, 15) is 15.0 Å². The third-order valence-electron chi connectivity index (χ3n) is 6.82. The van der Waals surface area contributed by atoms with Crippen LogP contribution in [0, 0.1) is 0 Å². The van der Waals surface area contributed by atoms with E-state index in [0.29, 0.717) is 5.75 Å². The van der Waals surface area contributed by atoms with Gasteiger partial charge in [0.25, 0.3) is 0 Å². The molecule has 2 aromatic carbocycles. The topological polar surface area (TPSA) is 101 Å². The Bertz CT molecular complexity index is 1130. The maximum absolute atomic E-state index is 12.9. The molecule has 5 atom stereocenters. The summed E-state index contributed by atoms with van der Waals surface area (Å²) < 4.78 is 24.2. The predicted molar refractivity (Wildman–Crippen MR) is 93.0 cm³/mol. The number of carbonyl (C=O) groups excluding carboxylic acids is 1. The zero-order valence-corrected chi connectivity index (χ0v) is 14.7. The summed E-state index contributed by atoms with van der Waals surface area (Å²) in [5, 5.41) is 23.6. The number of ketones is 1. The smallest absolute Gasteiger partial charge is 0.310 e. The van der Waals surface area contributed by atoms with Crippen LogP contribution in [0.2, 0.25) is 0 Å². The van der Waals surface area contributed by atoms with Gasteiger partial charge in [0.15, 0.2) is 5.60 Å². The Morgan fingerprint density at radius 3 is 2.68 bits per heavy atom. The Hall–Kier alpha value is -2.45. The van der Waals surface area contributed by atoms with Crippen molar-refractivity contribution in [3.63, 3.8) is 0 Å². The van der Waals surface area contributed by atoms with E-state index in [4.69, 9.17) is 18.9 Å². The third kappa shape index (κ3) is 1.37. The van der Waals surface area contributed by atoms with Crippen molar-refractivity contribution < 1.29 is 34.0 Å².